The summed E-state index contributed by atoms with van der Waals surface area (Å²) in [6, 6.07) is 1.15. The van der Waals surface area contributed by atoms with E-state index in [4.69, 9.17) is 0 Å². The van der Waals surface area contributed by atoms with E-state index in [9.17, 15) is 13.2 Å². The smallest absolute Gasteiger partial charge is 0.360 e. The number of thiophene rings is 1. The molecule has 2 rings (SSSR count). The van der Waals surface area contributed by atoms with Crippen molar-refractivity contribution in [2.24, 2.45) is 0 Å². The predicted octanol–water partition coefficient (Wildman–Crippen LogP) is 2.18. The lowest BCUT2D eigenvalue weighted by Gasteiger charge is -2.29. The minimum absolute atomic E-state index is 0.351. The summed E-state index contributed by atoms with van der Waals surface area (Å²) in [5, 5.41) is 4.97. The van der Waals surface area contributed by atoms with Gasteiger partial charge in [-0.1, -0.05) is 0 Å². The number of alkyl halides is 3. The normalized spacial score (nSPS) is 18.2. The van der Waals surface area contributed by atoms with Crippen molar-refractivity contribution in [1.82, 2.24) is 5.32 Å². The second-order valence-corrected chi connectivity index (χ2v) is 4.27. The van der Waals surface area contributed by atoms with E-state index in [1.54, 1.807) is 4.90 Å². The zero-order valence-electron chi connectivity index (χ0n) is 7.97. The van der Waals surface area contributed by atoms with Crippen LogP contribution in [-0.2, 0) is 6.18 Å². The molecule has 0 atom stereocenters. The first-order valence-electron chi connectivity index (χ1n) is 4.69. The van der Waals surface area contributed by atoms with Crippen molar-refractivity contribution < 1.29 is 13.2 Å². The van der Waals surface area contributed by atoms with E-state index in [2.05, 4.69) is 5.32 Å². The summed E-state index contributed by atoms with van der Waals surface area (Å²) >= 11 is 1.16. The van der Waals surface area contributed by atoms with Crippen LogP contribution >= 0.6 is 11.3 Å². The van der Waals surface area contributed by atoms with E-state index < -0.39 is 11.7 Å². The van der Waals surface area contributed by atoms with E-state index in [1.807, 2.05) is 0 Å². The quantitative estimate of drug-likeness (QED) is 0.804. The maximum absolute atomic E-state index is 12.6. The van der Waals surface area contributed by atoms with Gasteiger partial charge in [-0.25, -0.2) is 0 Å². The Balaban J connectivity index is 2.24. The fraction of sp³-hybridized carbons (Fsp3) is 0.556. The van der Waals surface area contributed by atoms with Gasteiger partial charge in [0.1, 0.15) is 5.00 Å². The molecule has 2 nitrogen and oxygen atoms in total. The maximum Gasteiger partial charge on any atom is 0.419 e. The van der Waals surface area contributed by atoms with Crippen molar-refractivity contribution in [3.63, 3.8) is 0 Å². The number of hydrogen-bond donors (Lipinski definition) is 1. The maximum atomic E-state index is 12.6. The van der Waals surface area contributed by atoms with Crippen molar-refractivity contribution in [1.29, 1.82) is 0 Å². The zero-order chi connectivity index (χ0) is 10.9. The lowest BCUT2D eigenvalue weighted by Crippen LogP contribution is -2.43. The van der Waals surface area contributed by atoms with E-state index in [-0.39, 0.29) is 0 Å². The Morgan fingerprint density at radius 2 is 1.93 bits per heavy atom. The minimum Gasteiger partial charge on any atom is -0.360 e. The van der Waals surface area contributed by atoms with E-state index in [1.165, 1.54) is 5.38 Å². The number of nitrogens with one attached hydrogen (secondary N) is 1. The van der Waals surface area contributed by atoms with Crippen molar-refractivity contribution in [2.45, 2.75) is 6.18 Å². The Bertz CT molecular complexity index is 328. The van der Waals surface area contributed by atoms with Gasteiger partial charge in [-0.15, -0.1) is 11.3 Å². The molecule has 6 heteroatoms. The van der Waals surface area contributed by atoms with Crippen molar-refractivity contribution in [2.75, 3.05) is 31.1 Å². The summed E-state index contributed by atoms with van der Waals surface area (Å²) in [4.78, 5) is 1.80. The molecular formula is C9H11F3N2S. The van der Waals surface area contributed by atoms with Gasteiger partial charge in [0, 0.05) is 26.2 Å². The molecule has 0 spiro atoms. The molecule has 1 fully saturated rings. The molecule has 0 unspecified atom stereocenters. The van der Waals surface area contributed by atoms with Crippen LogP contribution in [0.15, 0.2) is 11.4 Å². The molecule has 1 N–H and O–H groups in total. The van der Waals surface area contributed by atoms with Gasteiger partial charge in [-0.2, -0.15) is 13.2 Å². The molecule has 1 saturated heterocycles. The monoisotopic (exact) mass is 236 g/mol. The molecule has 0 aromatic carbocycles. The molecule has 1 aliphatic heterocycles. The van der Waals surface area contributed by atoms with Crippen molar-refractivity contribution >= 4 is 16.3 Å². The number of nitrogens with zero attached hydrogens (tertiary/aromatic N) is 1. The average Bonchev–Trinajstić information content (AvgIpc) is 2.67. The predicted molar refractivity (Wildman–Crippen MR) is 54.4 cm³/mol. The van der Waals surface area contributed by atoms with Gasteiger partial charge in [0.25, 0.3) is 0 Å². The number of piperazine rings is 1. The Morgan fingerprint density at radius 3 is 2.53 bits per heavy atom. The van der Waals surface area contributed by atoms with Crippen LogP contribution in [0.1, 0.15) is 5.56 Å². The molecule has 0 bridgehead atoms. The molecule has 0 aliphatic carbocycles. The highest BCUT2D eigenvalue weighted by molar-refractivity contribution is 7.14. The highest BCUT2D eigenvalue weighted by Crippen LogP contribution is 2.40. The Labute approximate surface area is 89.7 Å². The zero-order valence-corrected chi connectivity index (χ0v) is 8.79. The third-order valence-corrected chi connectivity index (χ3v) is 3.33. The molecule has 1 aliphatic rings. The molecule has 0 saturated carbocycles. The molecule has 84 valence electrons. The fourth-order valence-electron chi connectivity index (χ4n) is 1.63. The van der Waals surface area contributed by atoms with Gasteiger partial charge in [0.2, 0.25) is 0 Å². The largest absolute Gasteiger partial charge is 0.419 e. The molecular weight excluding hydrogens is 225 g/mol. The first-order valence-corrected chi connectivity index (χ1v) is 5.57. The lowest BCUT2D eigenvalue weighted by atomic mass is 10.2. The fourth-order valence-corrected chi connectivity index (χ4v) is 2.61. The SMILES string of the molecule is FC(F)(F)c1ccsc1N1CCNCC1. The molecule has 0 radical (unpaired) electrons. The van der Waals surface area contributed by atoms with Crippen LogP contribution < -0.4 is 10.2 Å². The molecule has 0 amide bonds. The molecule has 1 aromatic rings. The molecule has 15 heavy (non-hydrogen) atoms. The minimum atomic E-state index is -4.24. The Kier molecular flexibility index (Phi) is 2.88. The van der Waals surface area contributed by atoms with E-state index >= 15 is 0 Å². The molecule has 1 aromatic heterocycles. The van der Waals surface area contributed by atoms with E-state index in [0.29, 0.717) is 18.1 Å². The van der Waals surface area contributed by atoms with Crippen LogP contribution in [0.3, 0.4) is 0 Å². The standard InChI is InChI=1S/C9H11F3N2S/c10-9(11,12)7-1-6-15-8(7)14-4-2-13-3-5-14/h1,6,13H,2-5H2. The average molecular weight is 236 g/mol. The van der Waals surface area contributed by atoms with Gasteiger partial charge in [0.15, 0.2) is 0 Å². The van der Waals surface area contributed by atoms with Gasteiger partial charge in [-0.3, -0.25) is 0 Å². The topological polar surface area (TPSA) is 15.3 Å². The number of anilines is 1. The summed E-state index contributed by atoms with van der Waals surface area (Å²) < 4.78 is 37.8. The second-order valence-electron chi connectivity index (χ2n) is 3.37. The second kappa shape index (κ2) is 4.02. The summed E-state index contributed by atoms with van der Waals surface area (Å²) in [5.74, 6) is 0. The number of hydrogen-bond acceptors (Lipinski definition) is 3. The van der Waals surface area contributed by atoms with Crippen LogP contribution in [0.4, 0.5) is 18.2 Å². The first-order chi connectivity index (χ1) is 7.09. The van der Waals surface area contributed by atoms with Gasteiger partial charge >= 0.3 is 6.18 Å². The van der Waals surface area contributed by atoms with Crippen molar-refractivity contribution in [3.05, 3.63) is 17.0 Å². The van der Waals surface area contributed by atoms with Crippen LogP contribution in [0.2, 0.25) is 0 Å². The van der Waals surface area contributed by atoms with Gasteiger partial charge in [-0.05, 0) is 11.4 Å². The number of rotatable bonds is 1. The highest BCUT2D eigenvalue weighted by Gasteiger charge is 2.35. The Morgan fingerprint density at radius 1 is 1.27 bits per heavy atom. The third kappa shape index (κ3) is 2.26. The summed E-state index contributed by atoms with van der Waals surface area (Å²) in [6.07, 6.45) is -4.24. The Hall–Kier alpha value is -0.750. The van der Waals surface area contributed by atoms with Gasteiger partial charge in [0.05, 0.1) is 5.56 Å². The van der Waals surface area contributed by atoms with Crippen LogP contribution in [-0.4, -0.2) is 26.2 Å². The van der Waals surface area contributed by atoms with Crippen molar-refractivity contribution in [3.8, 4) is 0 Å². The molecule has 2 heterocycles. The van der Waals surface area contributed by atoms with Crippen LogP contribution in [0.5, 0.6) is 0 Å². The van der Waals surface area contributed by atoms with Crippen LogP contribution in [0, 0.1) is 0 Å². The highest BCUT2D eigenvalue weighted by atomic mass is 32.1. The number of halogens is 3. The summed E-state index contributed by atoms with van der Waals surface area (Å²) in [7, 11) is 0. The lowest BCUT2D eigenvalue weighted by molar-refractivity contribution is -0.136. The summed E-state index contributed by atoms with van der Waals surface area (Å²) in [6.45, 7) is 2.78. The van der Waals surface area contributed by atoms with E-state index in [0.717, 1.165) is 30.5 Å². The summed E-state index contributed by atoms with van der Waals surface area (Å²) in [5.41, 5.74) is -0.505. The first kappa shape index (κ1) is 10.8. The third-order valence-electron chi connectivity index (χ3n) is 2.35. The van der Waals surface area contributed by atoms with Crippen LogP contribution in [0.25, 0.3) is 0 Å². The van der Waals surface area contributed by atoms with Gasteiger partial charge < -0.3 is 10.2 Å².